The first-order valence-electron chi connectivity index (χ1n) is 7.08. The maximum absolute atomic E-state index is 11.9. The van der Waals surface area contributed by atoms with Crippen LogP contribution in [-0.2, 0) is 4.79 Å². The maximum atomic E-state index is 11.9. The number of amides is 1. The molecule has 1 saturated heterocycles. The fraction of sp³-hybridized carbons (Fsp3) is 0.400. The molecule has 2 aromatic rings. The van der Waals surface area contributed by atoms with Gasteiger partial charge in [0.2, 0.25) is 11.2 Å². The molecule has 0 radical (unpaired) electrons. The van der Waals surface area contributed by atoms with Crippen molar-refractivity contribution in [1.82, 2.24) is 15.3 Å². The summed E-state index contributed by atoms with van der Waals surface area (Å²) in [6.45, 7) is 1.54. The molecule has 1 aliphatic rings. The first-order valence-corrected chi connectivity index (χ1v) is 7.45. The molecule has 21 heavy (non-hydrogen) atoms. The van der Waals surface area contributed by atoms with Gasteiger partial charge in [0, 0.05) is 25.5 Å². The molecule has 0 saturated carbocycles. The molecule has 1 fully saturated rings. The quantitative estimate of drug-likeness (QED) is 0.865. The number of aromatic nitrogens is 2. The Morgan fingerprint density at radius 3 is 3.00 bits per heavy atom. The number of piperidine rings is 1. The van der Waals surface area contributed by atoms with Gasteiger partial charge in [-0.3, -0.25) is 4.79 Å². The van der Waals surface area contributed by atoms with E-state index in [-0.39, 0.29) is 17.1 Å². The number of benzene rings is 1. The Morgan fingerprint density at radius 2 is 2.19 bits per heavy atom. The Balaban J connectivity index is 1.98. The average Bonchev–Trinajstić information content (AvgIpc) is 2.53. The van der Waals surface area contributed by atoms with Crippen LogP contribution in [0.1, 0.15) is 12.8 Å². The van der Waals surface area contributed by atoms with Gasteiger partial charge in [-0.25, -0.2) is 4.98 Å². The number of para-hydroxylation sites is 1. The third-order valence-electron chi connectivity index (χ3n) is 3.89. The van der Waals surface area contributed by atoms with Crippen molar-refractivity contribution < 1.29 is 4.79 Å². The van der Waals surface area contributed by atoms with Crippen LogP contribution in [0, 0.1) is 5.92 Å². The molecule has 1 amide bonds. The first kappa shape index (κ1) is 14.1. The smallest absolute Gasteiger partial charge is 0.224 e. The van der Waals surface area contributed by atoms with Crippen molar-refractivity contribution in [3.8, 4) is 0 Å². The number of fused-ring (bicyclic) bond motifs is 1. The van der Waals surface area contributed by atoms with Gasteiger partial charge < -0.3 is 10.2 Å². The van der Waals surface area contributed by atoms with Gasteiger partial charge in [-0.1, -0.05) is 12.1 Å². The lowest BCUT2D eigenvalue weighted by molar-refractivity contribution is -0.124. The van der Waals surface area contributed by atoms with Crippen LogP contribution in [0.5, 0.6) is 0 Å². The molecule has 1 aromatic carbocycles. The molecule has 0 bridgehead atoms. The topological polar surface area (TPSA) is 58.1 Å². The first-order chi connectivity index (χ1) is 10.2. The number of hydrogen-bond acceptors (Lipinski definition) is 4. The Labute approximate surface area is 128 Å². The Bertz CT molecular complexity index is 676. The van der Waals surface area contributed by atoms with Gasteiger partial charge in [-0.2, -0.15) is 4.98 Å². The van der Waals surface area contributed by atoms with Crippen molar-refractivity contribution in [2.75, 3.05) is 25.0 Å². The molecule has 3 rings (SSSR count). The van der Waals surface area contributed by atoms with Crippen LogP contribution in [0.25, 0.3) is 10.9 Å². The van der Waals surface area contributed by atoms with Gasteiger partial charge in [0.15, 0.2) is 0 Å². The number of carbonyl (C=O) groups is 1. The molecule has 1 N–H and O–H groups in total. The number of carbonyl (C=O) groups excluding carboxylic acids is 1. The van der Waals surface area contributed by atoms with Crippen LogP contribution in [-0.4, -0.2) is 36.0 Å². The summed E-state index contributed by atoms with van der Waals surface area (Å²) in [5, 5.41) is 3.94. The molecule has 1 aliphatic heterocycles. The number of nitrogens with zero attached hydrogens (tertiary/aromatic N) is 3. The number of rotatable bonds is 2. The Kier molecular flexibility index (Phi) is 3.92. The third-order valence-corrected chi connectivity index (χ3v) is 4.06. The van der Waals surface area contributed by atoms with E-state index in [9.17, 15) is 4.79 Å². The van der Waals surface area contributed by atoms with Crippen LogP contribution in [0.15, 0.2) is 24.3 Å². The molecule has 0 spiro atoms. The average molecular weight is 305 g/mol. The van der Waals surface area contributed by atoms with Crippen molar-refractivity contribution in [3.63, 3.8) is 0 Å². The van der Waals surface area contributed by atoms with Crippen molar-refractivity contribution >= 4 is 34.2 Å². The molecular weight excluding hydrogens is 288 g/mol. The van der Waals surface area contributed by atoms with Crippen LogP contribution in [0.2, 0.25) is 5.28 Å². The lowest BCUT2D eigenvalue weighted by Crippen LogP contribution is -2.42. The maximum Gasteiger partial charge on any atom is 0.224 e. The normalized spacial score (nSPS) is 18.8. The minimum atomic E-state index is -0.00347. The fourth-order valence-electron chi connectivity index (χ4n) is 2.86. The second-order valence-corrected chi connectivity index (χ2v) is 5.57. The molecule has 1 aromatic heterocycles. The summed E-state index contributed by atoms with van der Waals surface area (Å²) in [6, 6.07) is 7.80. The predicted octanol–water partition coefficient (Wildman–Crippen LogP) is 2.25. The van der Waals surface area contributed by atoms with Gasteiger partial charge >= 0.3 is 0 Å². The summed E-state index contributed by atoms with van der Waals surface area (Å²) in [7, 11) is 1.68. The summed E-state index contributed by atoms with van der Waals surface area (Å²) < 4.78 is 0. The number of hydrogen-bond donors (Lipinski definition) is 1. The molecule has 6 heteroatoms. The highest BCUT2D eigenvalue weighted by Gasteiger charge is 2.27. The van der Waals surface area contributed by atoms with E-state index in [0.29, 0.717) is 6.54 Å². The summed E-state index contributed by atoms with van der Waals surface area (Å²) in [5.74, 6) is 0.902. The van der Waals surface area contributed by atoms with Crippen molar-refractivity contribution in [2.24, 2.45) is 5.92 Å². The van der Waals surface area contributed by atoms with Gasteiger partial charge in [0.1, 0.15) is 5.82 Å². The number of anilines is 1. The van der Waals surface area contributed by atoms with E-state index < -0.39 is 0 Å². The van der Waals surface area contributed by atoms with Crippen molar-refractivity contribution in [3.05, 3.63) is 29.5 Å². The number of halogens is 1. The van der Waals surface area contributed by atoms with E-state index in [0.717, 1.165) is 36.1 Å². The van der Waals surface area contributed by atoms with E-state index in [1.165, 1.54) is 0 Å². The number of nitrogens with one attached hydrogen (secondary N) is 1. The third kappa shape index (κ3) is 2.78. The lowest BCUT2D eigenvalue weighted by atomic mass is 9.97. The molecule has 1 atom stereocenters. The van der Waals surface area contributed by atoms with Gasteiger partial charge in [-0.15, -0.1) is 0 Å². The monoisotopic (exact) mass is 304 g/mol. The lowest BCUT2D eigenvalue weighted by Gasteiger charge is -2.33. The second-order valence-electron chi connectivity index (χ2n) is 5.23. The van der Waals surface area contributed by atoms with Crippen LogP contribution in [0.4, 0.5) is 5.82 Å². The molecule has 1 unspecified atom stereocenters. The minimum absolute atomic E-state index is 0.00347. The predicted molar refractivity (Wildman–Crippen MR) is 83.6 cm³/mol. The molecule has 5 nitrogen and oxygen atoms in total. The standard InChI is InChI=1S/C15H17ClN4O/c1-17-14(21)10-5-4-8-20(9-10)13-11-6-2-3-7-12(11)18-15(16)19-13/h2-3,6-7,10H,4-5,8-9H2,1H3,(H,17,21). The Morgan fingerprint density at radius 1 is 1.38 bits per heavy atom. The van der Waals surface area contributed by atoms with Crippen LogP contribution in [0.3, 0.4) is 0 Å². The minimum Gasteiger partial charge on any atom is -0.359 e. The molecule has 0 aliphatic carbocycles. The van der Waals surface area contributed by atoms with Crippen molar-refractivity contribution in [1.29, 1.82) is 0 Å². The molecular formula is C15H17ClN4O. The summed E-state index contributed by atoms with van der Waals surface area (Å²) in [5.41, 5.74) is 0.828. The Hall–Kier alpha value is -1.88. The van der Waals surface area contributed by atoms with Crippen molar-refractivity contribution in [2.45, 2.75) is 12.8 Å². The van der Waals surface area contributed by atoms with E-state index in [1.54, 1.807) is 7.05 Å². The highest BCUT2D eigenvalue weighted by Crippen LogP contribution is 2.29. The zero-order valence-corrected chi connectivity index (χ0v) is 12.6. The van der Waals surface area contributed by atoms with E-state index >= 15 is 0 Å². The summed E-state index contributed by atoms with van der Waals surface area (Å²) in [4.78, 5) is 22.7. The summed E-state index contributed by atoms with van der Waals surface area (Å²) in [6.07, 6.45) is 1.88. The van der Waals surface area contributed by atoms with Crippen LogP contribution < -0.4 is 10.2 Å². The largest absolute Gasteiger partial charge is 0.359 e. The SMILES string of the molecule is CNC(=O)C1CCCN(c2nc(Cl)nc3ccccc23)C1. The van der Waals surface area contributed by atoms with Gasteiger partial charge in [-0.05, 0) is 36.6 Å². The van der Waals surface area contributed by atoms with Gasteiger partial charge in [0.05, 0.1) is 11.4 Å². The zero-order chi connectivity index (χ0) is 14.8. The second kappa shape index (κ2) is 5.85. The van der Waals surface area contributed by atoms with E-state index in [4.69, 9.17) is 11.6 Å². The van der Waals surface area contributed by atoms with Gasteiger partial charge in [0.25, 0.3) is 0 Å². The van der Waals surface area contributed by atoms with Crippen LogP contribution >= 0.6 is 11.6 Å². The highest BCUT2D eigenvalue weighted by atomic mass is 35.5. The zero-order valence-electron chi connectivity index (χ0n) is 11.8. The van der Waals surface area contributed by atoms with E-state index in [1.807, 2.05) is 24.3 Å². The fourth-order valence-corrected chi connectivity index (χ4v) is 3.03. The van der Waals surface area contributed by atoms with E-state index in [2.05, 4.69) is 20.2 Å². The molecule has 2 heterocycles. The highest BCUT2D eigenvalue weighted by molar-refractivity contribution is 6.28. The molecule has 110 valence electrons. The summed E-state index contributed by atoms with van der Waals surface area (Å²) >= 11 is 6.04.